The van der Waals surface area contributed by atoms with Crippen molar-refractivity contribution in [2.75, 3.05) is 42.6 Å². The fourth-order valence-corrected chi connectivity index (χ4v) is 3.77. The first-order valence-corrected chi connectivity index (χ1v) is 10.2. The number of nitrogens with zero attached hydrogens (tertiary/aromatic N) is 7. The van der Waals surface area contributed by atoms with Gasteiger partial charge in [-0.25, -0.2) is 9.50 Å². The summed E-state index contributed by atoms with van der Waals surface area (Å²) >= 11 is 0. The summed E-state index contributed by atoms with van der Waals surface area (Å²) < 4.78 is 7.36. The van der Waals surface area contributed by atoms with Crippen LogP contribution < -0.4 is 14.5 Å². The number of anilines is 2. The van der Waals surface area contributed by atoms with E-state index in [1.807, 2.05) is 60.1 Å². The molecule has 30 heavy (non-hydrogen) atoms. The molecule has 0 amide bonds. The van der Waals surface area contributed by atoms with Crippen molar-refractivity contribution in [1.29, 1.82) is 0 Å². The average molecular weight is 401 g/mol. The van der Waals surface area contributed by atoms with Crippen molar-refractivity contribution >= 4 is 17.2 Å². The van der Waals surface area contributed by atoms with Gasteiger partial charge in [0.05, 0.1) is 18.5 Å². The molecule has 8 nitrogen and oxygen atoms in total. The number of hydrogen-bond acceptors (Lipinski definition) is 7. The Morgan fingerprint density at radius 3 is 2.40 bits per heavy atom. The van der Waals surface area contributed by atoms with Crippen LogP contribution in [0.5, 0.6) is 5.75 Å². The van der Waals surface area contributed by atoms with Crippen molar-refractivity contribution in [1.82, 2.24) is 24.8 Å². The first-order chi connectivity index (χ1) is 14.8. The Balaban J connectivity index is 1.26. The topological polar surface area (TPSA) is 71.7 Å². The second-order valence-corrected chi connectivity index (χ2v) is 7.12. The molecule has 5 rings (SSSR count). The maximum absolute atomic E-state index is 5.50. The first-order valence-electron chi connectivity index (χ1n) is 10.2. The summed E-state index contributed by atoms with van der Waals surface area (Å²) in [6.07, 6.45) is 5.47. The molecule has 3 aromatic heterocycles. The Morgan fingerprint density at radius 1 is 0.867 bits per heavy atom. The van der Waals surface area contributed by atoms with E-state index in [0.717, 1.165) is 60.3 Å². The predicted molar refractivity (Wildman–Crippen MR) is 116 cm³/mol. The Hall–Kier alpha value is -3.68. The predicted octanol–water partition coefficient (Wildman–Crippen LogP) is 2.91. The fourth-order valence-electron chi connectivity index (χ4n) is 3.77. The van der Waals surface area contributed by atoms with Gasteiger partial charge in [0.2, 0.25) is 0 Å². The van der Waals surface area contributed by atoms with Gasteiger partial charge < -0.3 is 14.5 Å². The summed E-state index contributed by atoms with van der Waals surface area (Å²) in [5.41, 5.74) is 2.92. The fraction of sp³-hybridized carbons (Fsp3) is 0.273. The number of hydrogen-bond donors (Lipinski definition) is 0. The molecule has 0 saturated carbocycles. The molecule has 8 heteroatoms. The first kappa shape index (κ1) is 18.4. The smallest absolute Gasteiger partial charge is 0.154 e. The summed E-state index contributed by atoms with van der Waals surface area (Å²) in [7, 11) is 0. The number of fused-ring (bicyclic) bond motifs is 1. The van der Waals surface area contributed by atoms with Gasteiger partial charge >= 0.3 is 0 Å². The van der Waals surface area contributed by atoms with Crippen molar-refractivity contribution in [2.45, 2.75) is 6.92 Å². The van der Waals surface area contributed by atoms with Gasteiger partial charge in [0.25, 0.3) is 0 Å². The average Bonchev–Trinajstić information content (AvgIpc) is 3.29. The minimum absolute atomic E-state index is 0.662. The van der Waals surface area contributed by atoms with Gasteiger partial charge in [0, 0.05) is 44.1 Å². The molecule has 0 N–H and O–H groups in total. The van der Waals surface area contributed by atoms with Crippen LogP contribution in [0.2, 0.25) is 0 Å². The second kappa shape index (κ2) is 7.98. The molecule has 0 radical (unpaired) electrons. The van der Waals surface area contributed by atoms with Gasteiger partial charge in [0.15, 0.2) is 11.6 Å². The summed E-state index contributed by atoms with van der Waals surface area (Å²) in [5, 5.41) is 13.2. The van der Waals surface area contributed by atoms with Crippen LogP contribution in [0.15, 0.2) is 61.1 Å². The van der Waals surface area contributed by atoms with E-state index in [4.69, 9.17) is 4.74 Å². The summed E-state index contributed by atoms with van der Waals surface area (Å²) in [6.45, 7) is 6.13. The van der Waals surface area contributed by atoms with E-state index in [9.17, 15) is 0 Å². The van der Waals surface area contributed by atoms with Crippen LogP contribution in [0.3, 0.4) is 0 Å². The third-order valence-electron chi connectivity index (χ3n) is 5.32. The van der Waals surface area contributed by atoms with Crippen LogP contribution in [0, 0.1) is 0 Å². The van der Waals surface area contributed by atoms with E-state index in [2.05, 4.69) is 30.1 Å². The lowest BCUT2D eigenvalue weighted by Crippen LogP contribution is -2.47. The van der Waals surface area contributed by atoms with E-state index < -0.39 is 0 Å². The molecule has 0 bridgehead atoms. The molecular weight excluding hydrogens is 378 g/mol. The second-order valence-electron chi connectivity index (χ2n) is 7.12. The molecule has 1 aromatic carbocycles. The van der Waals surface area contributed by atoms with Crippen molar-refractivity contribution in [3.63, 3.8) is 0 Å². The lowest BCUT2D eigenvalue weighted by atomic mass is 10.1. The standard InChI is InChI=1S/C22H23N7O/c1-2-30-18-5-3-17(4-6-18)19-7-8-21(26-25-19)27-13-15-28(16-14-27)22-20-9-10-24-29(20)12-11-23-22/h3-12H,2,13-16H2,1H3. The van der Waals surface area contributed by atoms with Crippen LogP contribution in [-0.2, 0) is 0 Å². The van der Waals surface area contributed by atoms with Gasteiger partial charge in [-0.05, 0) is 49.4 Å². The van der Waals surface area contributed by atoms with Crippen LogP contribution in [0.4, 0.5) is 11.6 Å². The van der Waals surface area contributed by atoms with E-state index >= 15 is 0 Å². The Morgan fingerprint density at radius 2 is 1.67 bits per heavy atom. The summed E-state index contributed by atoms with van der Waals surface area (Å²) in [6, 6.07) is 14.0. The summed E-state index contributed by atoms with van der Waals surface area (Å²) in [4.78, 5) is 9.14. The summed E-state index contributed by atoms with van der Waals surface area (Å²) in [5.74, 6) is 2.75. The Bertz CT molecular complexity index is 1120. The SMILES string of the molecule is CCOc1ccc(-c2ccc(N3CCN(c4nccn5nccc45)CC3)nn2)cc1. The van der Waals surface area contributed by atoms with Crippen LogP contribution in [0.25, 0.3) is 16.8 Å². The van der Waals surface area contributed by atoms with E-state index in [1.165, 1.54) is 0 Å². The monoisotopic (exact) mass is 401 g/mol. The minimum atomic E-state index is 0.662. The zero-order valence-electron chi connectivity index (χ0n) is 16.8. The maximum atomic E-state index is 5.50. The molecule has 152 valence electrons. The molecule has 1 aliphatic heterocycles. The molecule has 4 aromatic rings. The zero-order valence-corrected chi connectivity index (χ0v) is 16.8. The quantitative estimate of drug-likeness (QED) is 0.509. The number of piperazine rings is 1. The van der Waals surface area contributed by atoms with Crippen LogP contribution in [-0.4, -0.2) is 57.6 Å². The molecular formula is C22H23N7O. The van der Waals surface area contributed by atoms with Gasteiger partial charge in [0.1, 0.15) is 11.3 Å². The number of ether oxygens (including phenoxy) is 1. The van der Waals surface area contributed by atoms with Gasteiger partial charge in [-0.3, -0.25) is 0 Å². The number of aromatic nitrogens is 5. The van der Waals surface area contributed by atoms with Gasteiger partial charge in [-0.2, -0.15) is 5.10 Å². The largest absolute Gasteiger partial charge is 0.494 e. The molecule has 0 atom stereocenters. The Kier molecular flexibility index (Phi) is 4.88. The molecule has 0 unspecified atom stereocenters. The van der Waals surface area contributed by atoms with E-state index in [1.54, 1.807) is 12.4 Å². The Labute approximate surface area is 174 Å². The third kappa shape index (κ3) is 3.52. The number of benzene rings is 1. The molecule has 1 fully saturated rings. The molecule has 0 spiro atoms. The highest BCUT2D eigenvalue weighted by atomic mass is 16.5. The third-order valence-corrected chi connectivity index (χ3v) is 5.32. The van der Waals surface area contributed by atoms with Gasteiger partial charge in [-0.15, -0.1) is 10.2 Å². The van der Waals surface area contributed by atoms with Crippen molar-refractivity contribution in [3.05, 3.63) is 61.1 Å². The normalized spacial score (nSPS) is 14.3. The van der Waals surface area contributed by atoms with E-state index in [-0.39, 0.29) is 0 Å². The highest BCUT2D eigenvalue weighted by Gasteiger charge is 2.21. The molecule has 4 heterocycles. The number of rotatable bonds is 5. The lowest BCUT2D eigenvalue weighted by Gasteiger charge is -2.35. The minimum Gasteiger partial charge on any atom is -0.494 e. The van der Waals surface area contributed by atoms with Crippen molar-refractivity contribution in [2.24, 2.45) is 0 Å². The van der Waals surface area contributed by atoms with Crippen LogP contribution >= 0.6 is 0 Å². The van der Waals surface area contributed by atoms with Crippen molar-refractivity contribution in [3.8, 4) is 17.0 Å². The molecule has 1 saturated heterocycles. The van der Waals surface area contributed by atoms with E-state index in [0.29, 0.717) is 6.61 Å². The zero-order chi connectivity index (χ0) is 20.3. The molecule has 0 aliphatic carbocycles. The highest BCUT2D eigenvalue weighted by molar-refractivity contribution is 5.68. The van der Waals surface area contributed by atoms with Crippen molar-refractivity contribution < 1.29 is 4.74 Å². The molecule has 1 aliphatic rings. The maximum Gasteiger partial charge on any atom is 0.154 e. The van der Waals surface area contributed by atoms with Gasteiger partial charge in [-0.1, -0.05) is 0 Å². The highest BCUT2D eigenvalue weighted by Crippen LogP contribution is 2.24. The lowest BCUT2D eigenvalue weighted by molar-refractivity contribution is 0.340. The van der Waals surface area contributed by atoms with Crippen LogP contribution in [0.1, 0.15) is 6.92 Å².